The summed E-state index contributed by atoms with van der Waals surface area (Å²) in [6, 6.07) is 0. The molecule has 1 nitrogen and oxygen atoms in total. The molecule has 1 aliphatic rings. The minimum absolute atomic E-state index is 0.185. The van der Waals surface area contributed by atoms with Gasteiger partial charge >= 0.3 is 0 Å². The Kier molecular flexibility index (Phi) is 1.52. The lowest BCUT2D eigenvalue weighted by molar-refractivity contribution is -0.115. The molecule has 0 saturated carbocycles. The number of hydrogen-bond donors (Lipinski definition) is 0. The van der Waals surface area contributed by atoms with Gasteiger partial charge in [0.25, 0.3) is 0 Å². The Morgan fingerprint density at radius 2 is 2.44 bits per heavy atom. The summed E-state index contributed by atoms with van der Waals surface area (Å²) in [7, 11) is 0. The molecule has 0 fully saturated rings. The largest absolute Gasteiger partial charge is 0.294 e. The van der Waals surface area contributed by atoms with E-state index in [1.54, 1.807) is 0 Å². The predicted molar refractivity (Wildman–Crippen MR) is 37.1 cm³/mol. The van der Waals surface area contributed by atoms with Crippen LogP contribution in [0.4, 0.5) is 0 Å². The third-order valence-electron chi connectivity index (χ3n) is 1.64. The van der Waals surface area contributed by atoms with Gasteiger partial charge in [0, 0.05) is 12.3 Å². The molecule has 0 aliphatic heterocycles. The van der Waals surface area contributed by atoms with Crippen molar-refractivity contribution < 1.29 is 4.79 Å². The topological polar surface area (TPSA) is 17.1 Å². The molecule has 0 aromatic carbocycles. The normalized spacial score (nSPS) is 27.0. The van der Waals surface area contributed by atoms with Gasteiger partial charge in [0.1, 0.15) is 0 Å². The van der Waals surface area contributed by atoms with Gasteiger partial charge in [-0.15, -0.1) is 0 Å². The molecule has 0 aromatic heterocycles. The summed E-state index contributed by atoms with van der Waals surface area (Å²) >= 11 is 0. The van der Waals surface area contributed by atoms with E-state index in [-0.39, 0.29) is 11.7 Å². The fourth-order valence-corrected chi connectivity index (χ4v) is 0.880. The van der Waals surface area contributed by atoms with Gasteiger partial charge in [-0.2, -0.15) is 0 Å². The lowest BCUT2D eigenvalue weighted by atomic mass is 9.92. The summed E-state index contributed by atoms with van der Waals surface area (Å²) < 4.78 is 0. The number of carbonyl (C=O) groups is 1. The lowest BCUT2D eigenvalue weighted by Crippen LogP contribution is -2.10. The molecular weight excluding hydrogens is 112 g/mol. The van der Waals surface area contributed by atoms with Crippen molar-refractivity contribution >= 4 is 5.78 Å². The van der Waals surface area contributed by atoms with Gasteiger partial charge in [-0.3, -0.25) is 4.79 Å². The molecule has 0 N–H and O–H groups in total. The third-order valence-corrected chi connectivity index (χ3v) is 1.64. The van der Waals surface area contributed by atoms with Crippen LogP contribution in [0, 0.1) is 5.92 Å². The van der Waals surface area contributed by atoms with E-state index < -0.39 is 0 Å². The molecule has 1 aliphatic carbocycles. The molecule has 1 heteroatoms. The average molecular weight is 122 g/mol. The summed E-state index contributed by atoms with van der Waals surface area (Å²) in [6.07, 6.45) is 4.47. The average Bonchev–Trinajstić information content (AvgIpc) is 1.83. The molecular formula is C8H10O. The first-order valence-electron chi connectivity index (χ1n) is 3.10. The molecule has 1 atom stereocenters. The van der Waals surface area contributed by atoms with Crippen LogP contribution in [0.25, 0.3) is 0 Å². The van der Waals surface area contributed by atoms with Crippen LogP contribution >= 0.6 is 0 Å². The number of Topliss-reactive ketones (excluding diaryl/α,β-unsaturated/α-hetero) is 1. The van der Waals surface area contributed by atoms with Gasteiger partial charge < -0.3 is 0 Å². The van der Waals surface area contributed by atoms with E-state index in [1.165, 1.54) is 0 Å². The molecule has 0 bridgehead atoms. The van der Waals surface area contributed by atoms with Crippen molar-refractivity contribution in [3.63, 3.8) is 0 Å². The van der Waals surface area contributed by atoms with E-state index in [9.17, 15) is 4.79 Å². The van der Waals surface area contributed by atoms with Gasteiger partial charge in [0.15, 0.2) is 5.78 Å². The van der Waals surface area contributed by atoms with Gasteiger partial charge in [-0.25, -0.2) is 0 Å². The Labute approximate surface area is 55.1 Å². The summed E-state index contributed by atoms with van der Waals surface area (Å²) in [6.45, 7) is 5.66. The molecule has 0 radical (unpaired) electrons. The monoisotopic (exact) mass is 122 g/mol. The Hall–Kier alpha value is -0.850. The zero-order valence-corrected chi connectivity index (χ0v) is 5.55. The van der Waals surface area contributed by atoms with Gasteiger partial charge in [0.2, 0.25) is 0 Å². The van der Waals surface area contributed by atoms with Crippen molar-refractivity contribution in [3.8, 4) is 0 Å². The zero-order chi connectivity index (χ0) is 6.85. The molecule has 9 heavy (non-hydrogen) atoms. The number of carbonyl (C=O) groups excluding carboxylic acids is 1. The van der Waals surface area contributed by atoms with Crippen molar-refractivity contribution in [3.05, 3.63) is 24.3 Å². The van der Waals surface area contributed by atoms with Crippen molar-refractivity contribution in [1.29, 1.82) is 0 Å². The highest BCUT2D eigenvalue weighted by molar-refractivity contribution is 5.97. The summed E-state index contributed by atoms with van der Waals surface area (Å²) in [5, 5.41) is 0. The Morgan fingerprint density at radius 1 is 1.78 bits per heavy atom. The van der Waals surface area contributed by atoms with Gasteiger partial charge in [-0.1, -0.05) is 25.7 Å². The maximum absolute atomic E-state index is 10.9. The summed E-state index contributed by atoms with van der Waals surface area (Å²) in [5.74, 6) is 0.441. The van der Waals surface area contributed by atoms with E-state index >= 15 is 0 Å². The smallest absolute Gasteiger partial charge is 0.162 e. The summed E-state index contributed by atoms with van der Waals surface area (Å²) in [4.78, 5) is 10.9. The molecule has 0 heterocycles. The second-order valence-electron chi connectivity index (χ2n) is 2.37. The van der Waals surface area contributed by atoms with E-state index in [2.05, 4.69) is 6.58 Å². The molecule has 1 unspecified atom stereocenters. The van der Waals surface area contributed by atoms with Crippen LogP contribution < -0.4 is 0 Å². The molecule has 0 saturated heterocycles. The van der Waals surface area contributed by atoms with E-state index in [0.29, 0.717) is 6.42 Å². The fraction of sp³-hybridized carbons (Fsp3) is 0.375. The highest BCUT2D eigenvalue weighted by Crippen LogP contribution is 2.17. The van der Waals surface area contributed by atoms with Gasteiger partial charge in [-0.05, 0) is 5.57 Å². The maximum atomic E-state index is 10.9. The SMILES string of the molecule is C=C1C(=O)CC=CC1C. The molecule has 0 aromatic rings. The predicted octanol–water partition coefficient (Wildman–Crippen LogP) is 1.71. The van der Waals surface area contributed by atoms with Crippen LogP contribution in [0.3, 0.4) is 0 Å². The maximum Gasteiger partial charge on any atom is 0.162 e. The van der Waals surface area contributed by atoms with E-state index in [1.807, 2.05) is 19.1 Å². The van der Waals surface area contributed by atoms with Gasteiger partial charge in [0.05, 0.1) is 0 Å². The summed E-state index contributed by atoms with van der Waals surface area (Å²) in [5.41, 5.74) is 0.748. The molecule has 1 rings (SSSR count). The van der Waals surface area contributed by atoms with Crippen LogP contribution in [-0.4, -0.2) is 5.78 Å². The van der Waals surface area contributed by atoms with E-state index in [0.717, 1.165) is 5.57 Å². The first-order chi connectivity index (χ1) is 4.22. The van der Waals surface area contributed by atoms with Crippen molar-refractivity contribution in [2.24, 2.45) is 5.92 Å². The zero-order valence-electron chi connectivity index (χ0n) is 5.55. The van der Waals surface area contributed by atoms with Crippen LogP contribution in [0.1, 0.15) is 13.3 Å². The minimum Gasteiger partial charge on any atom is -0.294 e. The number of allylic oxidation sites excluding steroid dienone is 3. The first-order valence-corrected chi connectivity index (χ1v) is 3.10. The highest BCUT2D eigenvalue weighted by Gasteiger charge is 2.14. The highest BCUT2D eigenvalue weighted by atomic mass is 16.1. The second kappa shape index (κ2) is 2.18. The van der Waals surface area contributed by atoms with Crippen LogP contribution in [-0.2, 0) is 4.79 Å². The third kappa shape index (κ3) is 1.10. The fourth-order valence-electron chi connectivity index (χ4n) is 0.880. The van der Waals surface area contributed by atoms with Crippen LogP contribution in [0.2, 0.25) is 0 Å². The second-order valence-corrected chi connectivity index (χ2v) is 2.37. The lowest BCUT2D eigenvalue weighted by Gasteiger charge is -2.12. The molecule has 0 amide bonds. The standard InChI is InChI=1S/C8H10O/c1-6-4-3-5-8(9)7(6)2/h3-4,6H,2,5H2,1H3. The molecule has 0 spiro atoms. The number of hydrogen-bond acceptors (Lipinski definition) is 1. The Bertz CT molecular complexity index is 177. The van der Waals surface area contributed by atoms with Crippen molar-refractivity contribution in [1.82, 2.24) is 0 Å². The quantitative estimate of drug-likeness (QED) is 0.353. The van der Waals surface area contributed by atoms with Crippen LogP contribution in [0.15, 0.2) is 24.3 Å². The Balaban J connectivity index is 2.81. The Morgan fingerprint density at radius 3 is 2.89 bits per heavy atom. The van der Waals surface area contributed by atoms with Crippen LogP contribution in [0.5, 0.6) is 0 Å². The number of ketones is 1. The van der Waals surface area contributed by atoms with E-state index in [4.69, 9.17) is 0 Å². The minimum atomic E-state index is 0.185. The molecule has 48 valence electrons. The number of rotatable bonds is 0. The first kappa shape index (κ1) is 6.27. The van der Waals surface area contributed by atoms with Crippen molar-refractivity contribution in [2.75, 3.05) is 0 Å². The van der Waals surface area contributed by atoms with Crippen molar-refractivity contribution in [2.45, 2.75) is 13.3 Å².